The highest BCUT2D eigenvalue weighted by atomic mass is 32.2. The van der Waals surface area contributed by atoms with Crippen LogP contribution in [0.5, 0.6) is 0 Å². The highest BCUT2D eigenvalue weighted by Gasteiger charge is 2.28. The van der Waals surface area contributed by atoms with Crippen LogP contribution >= 0.6 is 11.8 Å². The summed E-state index contributed by atoms with van der Waals surface area (Å²) >= 11 is 1.89. The Labute approximate surface area is 135 Å². The SMILES string of the molecule is CC1CCCCN1CCCN=C1NC(C(C)(C)C)CCS1. The molecule has 1 N–H and O–H groups in total. The van der Waals surface area contributed by atoms with Crippen LogP contribution in [-0.2, 0) is 0 Å². The topological polar surface area (TPSA) is 27.6 Å². The summed E-state index contributed by atoms with van der Waals surface area (Å²) in [6, 6.07) is 1.35. The maximum Gasteiger partial charge on any atom is 0.156 e. The fourth-order valence-electron chi connectivity index (χ4n) is 3.22. The molecule has 0 spiro atoms. The summed E-state index contributed by atoms with van der Waals surface area (Å²) in [4.78, 5) is 7.44. The molecule has 0 aromatic heterocycles. The Morgan fingerprint density at radius 1 is 1.29 bits per heavy atom. The fourth-order valence-corrected chi connectivity index (χ4v) is 4.18. The van der Waals surface area contributed by atoms with Gasteiger partial charge in [0.25, 0.3) is 0 Å². The number of likely N-dealkylation sites (tertiary alicyclic amines) is 1. The molecular weight excluding hydrogens is 278 g/mol. The monoisotopic (exact) mass is 311 g/mol. The van der Waals surface area contributed by atoms with Gasteiger partial charge >= 0.3 is 0 Å². The van der Waals surface area contributed by atoms with Gasteiger partial charge in [-0.3, -0.25) is 4.99 Å². The van der Waals surface area contributed by atoms with Crippen LogP contribution in [0.25, 0.3) is 0 Å². The summed E-state index contributed by atoms with van der Waals surface area (Å²) < 4.78 is 0. The van der Waals surface area contributed by atoms with Crippen molar-refractivity contribution in [2.24, 2.45) is 10.4 Å². The molecule has 3 nitrogen and oxygen atoms in total. The lowest BCUT2D eigenvalue weighted by Gasteiger charge is -2.35. The molecule has 0 bridgehead atoms. The summed E-state index contributed by atoms with van der Waals surface area (Å²) in [5, 5.41) is 4.81. The second-order valence-electron chi connectivity index (χ2n) is 7.62. The van der Waals surface area contributed by atoms with Crippen molar-refractivity contribution in [2.75, 3.05) is 25.4 Å². The predicted molar refractivity (Wildman–Crippen MR) is 95.3 cm³/mol. The minimum atomic E-state index is 0.324. The van der Waals surface area contributed by atoms with Crippen LogP contribution < -0.4 is 5.32 Å². The molecule has 0 radical (unpaired) electrons. The molecule has 0 amide bonds. The van der Waals surface area contributed by atoms with Crippen molar-refractivity contribution >= 4 is 16.9 Å². The van der Waals surface area contributed by atoms with Crippen molar-refractivity contribution in [3.05, 3.63) is 0 Å². The Morgan fingerprint density at radius 3 is 2.81 bits per heavy atom. The first kappa shape index (κ1) is 17.1. The van der Waals surface area contributed by atoms with E-state index < -0.39 is 0 Å². The van der Waals surface area contributed by atoms with E-state index in [1.807, 2.05) is 11.8 Å². The molecular formula is C17H33N3S. The van der Waals surface area contributed by atoms with Gasteiger partial charge in [0.05, 0.1) is 0 Å². The van der Waals surface area contributed by atoms with E-state index >= 15 is 0 Å². The number of hydrogen-bond acceptors (Lipinski definition) is 3. The minimum Gasteiger partial charge on any atom is -0.362 e. The Kier molecular flexibility index (Phi) is 6.42. The third kappa shape index (κ3) is 5.48. The number of rotatable bonds is 4. The number of nitrogens with zero attached hydrogens (tertiary/aromatic N) is 2. The second-order valence-corrected chi connectivity index (χ2v) is 8.70. The maximum atomic E-state index is 4.80. The first-order chi connectivity index (χ1) is 9.97. The van der Waals surface area contributed by atoms with Crippen molar-refractivity contribution in [3.8, 4) is 0 Å². The van der Waals surface area contributed by atoms with Crippen LogP contribution in [0.4, 0.5) is 0 Å². The molecule has 2 aliphatic rings. The van der Waals surface area contributed by atoms with Crippen molar-refractivity contribution in [1.82, 2.24) is 10.2 Å². The lowest BCUT2D eigenvalue weighted by Crippen LogP contribution is -2.46. The maximum absolute atomic E-state index is 4.80. The van der Waals surface area contributed by atoms with E-state index in [9.17, 15) is 0 Å². The van der Waals surface area contributed by atoms with E-state index in [4.69, 9.17) is 4.99 Å². The van der Waals surface area contributed by atoms with Crippen LogP contribution in [0.2, 0.25) is 0 Å². The van der Waals surface area contributed by atoms with Crippen LogP contribution in [0.15, 0.2) is 4.99 Å². The van der Waals surface area contributed by atoms with Crippen LogP contribution in [0.3, 0.4) is 0 Å². The molecule has 4 heteroatoms. The highest BCUT2D eigenvalue weighted by molar-refractivity contribution is 8.13. The van der Waals surface area contributed by atoms with E-state index in [2.05, 4.69) is 37.9 Å². The van der Waals surface area contributed by atoms with Crippen molar-refractivity contribution in [3.63, 3.8) is 0 Å². The van der Waals surface area contributed by atoms with E-state index in [0.29, 0.717) is 11.5 Å². The van der Waals surface area contributed by atoms with Gasteiger partial charge in [-0.05, 0) is 44.6 Å². The molecule has 2 saturated heterocycles. The largest absolute Gasteiger partial charge is 0.362 e. The van der Waals surface area contributed by atoms with Crippen molar-refractivity contribution in [1.29, 1.82) is 0 Å². The van der Waals surface area contributed by atoms with Gasteiger partial charge in [0, 0.05) is 30.9 Å². The lowest BCUT2D eigenvalue weighted by molar-refractivity contribution is 0.160. The van der Waals surface area contributed by atoms with Crippen LogP contribution in [0, 0.1) is 5.41 Å². The third-order valence-corrected chi connectivity index (χ3v) is 5.75. The summed E-state index contributed by atoms with van der Waals surface area (Å²) in [5.74, 6) is 1.21. The molecule has 0 aromatic rings. The number of aliphatic imine (C=N–C) groups is 1. The fraction of sp³-hybridized carbons (Fsp3) is 0.941. The Bertz CT molecular complexity index is 348. The number of thioether (sulfide) groups is 1. The summed E-state index contributed by atoms with van der Waals surface area (Å²) in [7, 11) is 0. The average Bonchev–Trinajstić information content (AvgIpc) is 2.45. The molecule has 122 valence electrons. The smallest absolute Gasteiger partial charge is 0.156 e. The molecule has 2 heterocycles. The number of nitrogens with one attached hydrogen (secondary N) is 1. The Balaban J connectivity index is 1.71. The minimum absolute atomic E-state index is 0.324. The van der Waals surface area contributed by atoms with Gasteiger partial charge in [-0.2, -0.15) is 0 Å². The predicted octanol–water partition coefficient (Wildman–Crippen LogP) is 3.75. The molecule has 0 aliphatic carbocycles. The molecule has 2 rings (SSSR count). The molecule has 2 unspecified atom stereocenters. The number of hydrogen-bond donors (Lipinski definition) is 1. The summed E-state index contributed by atoms with van der Waals surface area (Å²) in [6.07, 6.45) is 6.60. The molecule has 0 saturated carbocycles. The Hall–Kier alpha value is -0.220. The molecule has 2 aliphatic heterocycles. The highest BCUT2D eigenvalue weighted by Crippen LogP contribution is 2.27. The van der Waals surface area contributed by atoms with Gasteiger partial charge < -0.3 is 10.2 Å². The first-order valence-electron chi connectivity index (χ1n) is 8.64. The van der Waals surface area contributed by atoms with Crippen molar-refractivity contribution < 1.29 is 0 Å². The van der Waals surface area contributed by atoms with Gasteiger partial charge in [0.15, 0.2) is 5.17 Å². The van der Waals surface area contributed by atoms with Crippen molar-refractivity contribution in [2.45, 2.75) is 71.9 Å². The van der Waals surface area contributed by atoms with Gasteiger partial charge in [0.2, 0.25) is 0 Å². The lowest BCUT2D eigenvalue weighted by atomic mass is 9.85. The zero-order valence-electron chi connectivity index (χ0n) is 14.3. The van der Waals surface area contributed by atoms with Gasteiger partial charge in [-0.25, -0.2) is 0 Å². The standard InChI is InChI=1S/C17H33N3S/c1-14-8-5-6-11-20(14)12-7-10-18-16-19-15(9-13-21-16)17(2,3)4/h14-15H,5-13H2,1-4H3,(H,18,19). The zero-order valence-corrected chi connectivity index (χ0v) is 15.1. The Morgan fingerprint density at radius 2 is 2.10 bits per heavy atom. The van der Waals surface area contributed by atoms with Gasteiger partial charge in [0.1, 0.15) is 0 Å². The molecule has 2 fully saturated rings. The second kappa shape index (κ2) is 7.87. The third-order valence-electron chi connectivity index (χ3n) is 4.79. The average molecular weight is 312 g/mol. The summed E-state index contributed by atoms with van der Waals surface area (Å²) in [5.41, 5.74) is 0.324. The van der Waals surface area contributed by atoms with E-state index in [1.165, 1.54) is 56.1 Å². The first-order valence-corrected chi connectivity index (χ1v) is 9.63. The molecule has 0 aromatic carbocycles. The normalized spacial score (nSPS) is 30.4. The van der Waals surface area contributed by atoms with Gasteiger partial charge in [-0.15, -0.1) is 0 Å². The van der Waals surface area contributed by atoms with E-state index in [0.717, 1.165) is 12.6 Å². The van der Waals surface area contributed by atoms with Gasteiger partial charge in [-0.1, -0.05) is 39.0 Å². The molecule has 21 heavy (non-hydrogen) atoms. The zero-order chi connectivity index (χ0) is 15.3. The number of amidine groups is 1. The van der Waals surface area contributed by atoms with Crippen LogP contribution in [0.1, 0.15) is 59.8 Å². The summed E-state index contributed by atoms with van der Waals surface area (Å²) in [6.45, 7) is 12.8. The number of piperidine rings is 1. The molecule has 2 atom stereocenters. The van der Waals surface area contributed by atoms with E-state index in [-0.39, 0.29) is 0 Å². The van der Waals surface area contributed by atoms with E-state index in [1.54, 1.807) is 0 Å². The quantitative estimate of drug-likeness (QED) is 0.801. The van der Waals surface area contributed by atoms with Crippen LogP contribution in [-0.4, -0.2) is 47.5 Å².